The van der Waals surface area contributed by atoms with E-state index in [2.05, 4.69) is 24.0 Å². The Morgan fingerprint density at radius 2 is 2.00 bits per heavy atom. The second kappa shape index (κ2) is 7.21. The molecule has 0 radical (unpaired) electrons. The highest BCUT2D eigenvalue weighted by atomic mass is 16.5. The number of benzene rings is 1. The average molecular weight is 332 g/mol. The summed E-state index contributed by atoms with van der Waals surface area (Å²) in [6.45, 7) is 5.06. The number of rotatable bonds is 6. The molecular weight excluding hydrogens is 308 g/mol. The van der Waals surface area contributed by atoms with E-state index in [0.717, 1.165) is 18.6 Å². The molecule has 0 N–H and O–H groups in total. The molecule has 24 heavy (non-hydrogen) atoms. The van der Waals surface area contributed by atoms with Crippen molar-refractivity contribution < 1.29 is 18.7 Å². The molecule has 1 aliphatic rings. The largest absolute Gasteiger partial charge is 0.493 e. The number of aromatic nitrogens is 2. The SMILES string of the molecule is COc1ccc(Cc2noc(C3CCOC3C(C)C)n2)cc1OC. The Balaban J connectivity index is 1.74. The fourth-order valence-corrected chi connectivity index (χ4v) is 3.20. The Morgan fingerprint density at radius 1 is 1.21 bits per heavy atom. The van der Waals surface area contributed by atoms with Crippen LogP contribution < -0.4 is 9.47 Å². The lowest BCUT2D eigenvalue weighted by atomic mass is 9.93. The lowest BCUT2D eigenvalue weighted by Crippen LogP contribution is -2.21. The van der Waals surface area contributed by atoms with Gasteiger partial charge in [-0.15, -0.1) is 0 Å². The third-order valence-electron chi connectivity index (χ3n) is 4.40. The highest BCUT2D eigenvalue weighted by Gasteiger charge is 2.35. The van der Waals surface area contributed by atoms with Crippen LogP contribution in [0.15, 0.2) is 22.7 Å². The van der Waals surface area contributed by atoms with Crippen LogP contribution in [-0.2, 0) is 11.2 Å². The quantitative estimate of drug-likeness (QED) is 0.809. The van der Waals surface area contributed by atoms with Gasteiger partial charge in [0.1, 0.15) is 0 Å². The van der Waals surface area contributed by atoms with Crippen LogP contribution in [0.1, 0.15) is 43.5 Å². The van der Waals surface area contributed by atoms with Crippen molar-refractivity contribution in [3.63, 3.8) is 0 Å². The second-order valence-electron chi connectivity index (χ2n) is 6.39. The van der Waals surface area contributed by atoms with E-state index in [1.807, 2.05) is 18.2 Å². The van der Waals surface area contributed by atoms with Gasteiger partial charge in [-0.25, -0.2) is 0 Å². The minimum absolute atomic E-state index is 0.152. The molecule has 2 atom stereocenters. The third kappa shape index (κ3) is 3.38. The zero-order chi connectivity index (χ0) is 17.1. The van der Waals surface area contributed by atoms with E-state index in [1.165, 1.54) is 0 Å². The van der Waals surface area contributed by atoms with Gasteiger partial charge in [0.05, 0.1) is 26.2 Å². The highest BCUT2D eigenvalue weighted by molar-refractivity contribution is 5.43. The summed E-state index contributed by atoms with van der Waals surface area (Å²) in [6, 6.07) is 5.80. The maximum Gasteiger partial charge on any atom is 0.232 e. The Hall–Kier alpha value is -2.08. The predicted molar refractivity (Wildman–Crippen MR) is 88.6 cm³/mol. The summed E-state index contributed by atoms with van der Waals surface area (Å²) >= 11 is 0. The van der Waals surface area contributed by atoms with E-state index >= 15 is 0 Å². The molecule has 0 amide bonds. The number of nitrogens with zero attached hydrogens (tertiary/aromatic N) is 2. The normalized spacial score (nSPS) is 20.5. The first-order valence-corrected chi connectivity index (χ1v) is 8.27. The van der Waals surface area contributed by atoms with E-state index in [-0.39, 0.29) is 12.0 Å². The van der Waals surface area contributed by atoms with Crippen molar-refractivity contribution >= 4 is 0 Å². The first-order valence-electron chi connectivity index (χ1n) is 8.27. The van der Waals surface area contributed by atoms with Gasteiger partial charge in [-0.3, -0.25) is 0 Å². The Bertz CT molecular complexity index is 683. The van der Waals surface area contributed by atoms with Gasteiger partial charge in [0, 0.05) is 13.0 Å². The molecule has 0 bridgehead atoms. The van der Waals surface area contributed by atoms with Crippen molar-refractivity contribution in [2.24, 2.45) is 5.92 Å². The van der Waals surface area contributed by atoms with Crippen LogP contribution in [0.4, 0.5) is 0 Å². The minimum Gasteiger partial charge on any atom is -0.493 e. The monoisotopic (exact) mass is 332 g/mol. The first kappa shape index (κ1) is 16.8. The smallest absolute Gasteiger partial charge is 0.232 e. The molecule has 3 rings (SSSR count). The van der Waals surface area contributed by atoms with Gasteiger partial charge in [0.2, 0.25) is 5.89 Å². The summed E-state index contributed by atoms with van der Waals surface area (Å²) < 4.78 is 21.9. The summed E-state index contributed by atoms with van der Waals surface area (Å²) in [4.78, 5) is 4.59. The van der Waals surface area contributed by atoms with Gasteiger partial charge in [-0.2, -0.15) is 4.98 Å². The van der Waals surface area contributed by atoms with Crippen LogP contribution in [-0.4, -0.2) is 37.1 Å². The molecule has 1 saturated heterocycles. The van der Waals surface area contributed by atoms with Crippen LogP contribution in [0.3, 0.4) is 0 Å². The molecule has 1 fully saturated rings. The third-order valence-corrected chi connectivity index (χ3v) is 4.40. The molecule has 2 unspecified atom stereocenters. The van der Waals surface area contributed by atoms with Gasteiger partial charge in [-0.1, -0.05) is 25.1 Å². The Kier molecular flexibility index (Phi) is 5.04. The van der Waals surface area contributed by atoms with Crippen LogP contribution in [0.2, 0.25) is 0 Å². The topological polar surface area (TPSA) is 66.6 Å². The second-order valence-corrected chi connectivity index (χ2v) is 6.39. The maximum atomic E-state index is 5.81. The van der Waals surface area contributed by atoms with E-state index in [9.17, 15) is 0 Å². The van der Waals surface area contributed by atoms with Gasteiger partial charge >= 0.3 is 0 Å². The molecule has 1 aliphatic heterocycles. The summed E-state index contributed by atoms with van der Waals surface area (Å²) in [5, 5.41) is 4.13. The van der Waals surface area contributed by atoms with Crippen molar-refractivity contribution in [3.05, 3.63) is 35.5 Å². The van der Waals surface area contributed by atoms with Gasteiger partial charge in [-0.05, 0) is 30.0 Å². The lowest BCUT2D eigenvalue weighted by Gasteiger charge is -2.18. The zero-order valence-corrected chi connectivity index (χ0v) is 14.6. The molecule has 0 saturated carbocycles. The fourth-order valence-electron chi connectivity index (χ4n) is 3.20. The molecule has 0 aliphatic carbocycles. The van der Waals surface area contributed by atoms with E-state index < -0.39 is 0 Å². The van der Waals surface area contributed by atoms with E-state index in [4.69, 9.17) is 18.7 Å². The van der Waals surface area contributed by atoms with Crippen LogP contribution in [0, 0.1) is 5.92 Å². The van der Waals surface area contributed by atoms with Crippen molar-refractivity contribution in [2.75, 3.05) is 20.8 Å². The maximum absolute atomic E-state index is 5.81. The lowest BCUT2D eigenvalue weighted by molar-refractivity contribution is 0.0627. The molecule has 130 valence electrons. The fraction of sp³-hybridized carbons (Fsp3) is 0.556. The Labute approximate surface area is 142 Å². The molecule has 0 spiro atoms. The first-order chi connectivity index (χ1) is 11.6. The van der Waals surface area contributed by atoms with E-state index in [1.54, 1.807) is 14.2 Å². The predicted octanol–water partition coefficient (Wildman–Crippen LogP) is 3.21. The van der Waals surface area contributed by atoms with Crippen molar-refractivity contribution in [3.8, 4) is 11.5 Å². The molecule has 6 nitrogen and oxygen atoms in total. The number of methoxy groups -OCH3 is 2. The number of hydrogen-bond acceptors (Lipinski definition) is 6. The number of ether oxygens (including phenoxy) is 3. The van der Waals surface area contributed by atoms with Crippen LogP contribution >= 0.6 is 0 Å². The standard InChI is InChI=1S/C18H24N2O4/c1-11(2)17-13(7-8-23-17)18-19-16(20-24-18)10-12-5-6-14(21-3)15(9-12)22-4/h5-6,9,11,13,17H,7-8,10H2,1-4H3. The van der Waals surface area contributed by atoms with E-state index in [0.29, 0.717) is 35.6 Å². The molecule has 1 aromatic carbocycles. The molecule has 2 aromatic rings. The van der Waals surface area contributed by atoms with Gasteiger partial charge in [0.25, 0.3) is 0 Å². The summed E-state index contributed by atoms with van der Waals surface area (Å²) in [5.41, 5.74) is 1.04. The molecular formula is C18H24N2O4. The molecule has 1 aromatic heterocycles. The summed E-state index contributed by atoms with van der Waals surface area (Å²) in [7, 11) is 3.25. The molecule has 2 heterocycles. The molecule has 6 heteroatoms. The minimum atomic E-state index is 0.152. The summed E-state index contributed by atoms with van der Waals surface area (Å²) in [5.74, 6) is 3.38. The van der Waals surface area contributed by atoms with Gasteiger partial charge < -0.3 is 18.7 Å². The van der Waals surface area contributed by atoms with Crippen molar-refractivity contribution in [1.29, 1.82) is 0 Å². The van der Waals surface area contributed by atoms with Crippen molar-refractivity contribution in [1.82, 2.24) is 10.1 Å². The van der Waals surface area contributed by atoms with Crippen LogP contribution in [0.25, 0.3) is 0 Å². The Morgan fingerprint density at radius 3 is 2.71 bits per heavy atom. The van der Waals surface area contributed by atoms with Crippen molar-refractivity contribution in [2.45, 2.75) is 38.7 Å². The van der Waals surface area contributed by atoms with Gasteiger partial charge in [0.15, 0.2) is 17.3 Å². The summed E-state index contributed by atoms with van der Waals surface area (Å²) in [6.07, 6.45) is 1.67. The van der Waals surface area contributed by atoms with Crippen LogP contribution in [0.5, 0.6) is 11.5 Å². The highest BCUT2D eigenvalue weighted by Crippen LogP contribution is 2.34. The average Bonchev–Trinajstić information content (AvgIpc) is 3.23. The number of hydrogen-bond donors (Lipinski definition) is 0. The zero-order valence-electron chi connectivity index (χ0n) is 14.6.